The topological polar surface area (TPSA) is 39.6 Å². The van der Waals surface area contributed by atoms with E-state index in [-0.39, 0.29) is 29.6 Å². The molecule has 0 bridgehead atoms. The predicted molar refractivity (Wildman–Crippen MR) is 59.8 cm³/mol. The number of aromatic amines is 1. The van der Waals surface area contributed by atoms with Gasteiger partial charge in [0.1, 0.15) is 20.5 Å². The van der Waals surface area contributed by atoms with Crippen molar-refractivity contribution in [3.63, 3.8) is 0 Å². The maximum absolute atomic E-state index is 8.83. The van der Waals surface area contributed by atoms with Crippen molar-refractivity contribution < 1.29 is 29.6 Å². The van der Waals surface area contributed by atoms with Gasteiger partial charge in [0.15, 0.2) is 0 Å². The van der Waals surface area contributed by atoms with Gasteiger partial charge >= 0.3 is 29.6 Å². The fraction of sp³-hybridized carbons (Fsp3) is 0.500. The summed E-state index contributed by atoms with van der Waals surface area (Å²) in [6.45, 7) is 4.27. The van der Waals surface area contributed by atoms with Gasteiger partial charge in [-0.15, -0.1) is 11.8 Å². The van der Waals surface area contributed by atoms with Crippen molar-refractivity contribution in [2.24, 2.45) is 0 Å². The number of H-pyrrole nitrogens is 1. The van der Waals surface area contributed by atoms with Crippen LogP contribution in [0.15, 0.2) is 5.03 Å². The third-order valence-corrected chi connectivity index (χ3v) is 4.23. The summed E-state index contributed by atoms with van der Waals surface area (Å²) in [5, 5.41) is 10.3. The quantitative estimate of drug-likeness (QED) is 0.486. The molecule has 1 atom stereocenters. The summed E-state index contributed by atoms with van der Waals surface area (Å²) < 4.78 is 3.73. The van der Waals surface area contributed by atoms with E-state index >= 15 is 0 Å². The zero-order valence-corrected chi connectivity index (χ0v) is 12.9. The van der Waals surface area contributed by atoms with Crippen molar-refractivity contribution in [1.82, 2.24) is 4.37 Å². The standard InChI is InChI=1S/C8H10N2S3.Na/c1-3-5(2)12-7-6(4-9)8(11)13-10-7;/h5,10H,3H2,1-2H3;/q;+1. The summed E-state index contributed by atoms with van der Waals surface area (Å²) in [4.78, 5) is 0. The Bertz CT molecular complexity index is 377. The Kier molecular flexibility index (Phi) is 7.39. The second-order valence-electron chi connectivity index (χ2n) is 2.64. The van der Waals surface area contributed by atoms with Crippen LogP contribution in [0.5, 0.6) is 0 Å². The van der Waals surface area contributed by atoms with Crippen LogP contribution in [-0.4, -0.2) is 9.62 Å². The molecule has 0 saturated carbocycles. The Hall–Kier alpha value is 0.690. The minimum absolute atomic E-state index is 0. The maximum Gasteiger partial charge on any atom is 1.00 e. The molecule has 1 N–H and O–H groups in total. The number of hydrogen-bond donors (Lipinski definition) is 1. The largest absolute Gasteiger partial charge is 1.00 e. The summed E-state index contributed by atoms with van der Waals surface area (Å²) in [5.74, 6) is 0. The van der Waals surface area contributed by atoms with E-state index in [1.165, 1.54) is 11.5 Å². The van der Waals surface area contributed by atoms with Crippen LogP contribution in [0.25, 0.3) is 0 Å². The van der Waals surface area contributed by atoms with Crippen LogP contribution < -0.4 is 29.6 Å². The number of thioether (sulfide) groups is 1. The van der Waals surface area contributed by atoms with Crippen molar-refractivity contribution in [2.45, 2.75) is 30.5 Å². The molecule has 0 saturated heterocycles. The molecule has 0 aromatic carbocycles. The summed E-state index contributed by atoms with van der Waals surface area (Å²) in [7, 11) is 0. The van der Waals surface area contributed by atoms with Crippen molar-refractivity contribution in [3.8, 4) is 6.07 Å². The fourth-order valence-corrected chi connectivity index (χ4v) is 2.84. The fourth-order valence-electron chi connectivity index (χ4n) is 0.751. The molecule has 0 aliphatic carbocycles. The Balaban J connectivity index is 0.00000169. The SMILES string of the molecule is CCC(C)Sc1[nH]sc(=S)c1C#N.[Na+]. The molecule has 2 nitrogen and oxygen atoms in total. The Labute approximate surface area is 120 Å². The Morgan fingerprint density at radius 1 is 1.71 bits per heavy atom. The van der Waals surface area contributed by atoms with Gasteiger partial charge in [0, 0.05) is 5.25 Å². The van der Waals surface area contributed by atoms with Gasteiger partial charge in [-0.05, 0) is 18.0 Å². The molecule has 0 aliphatic heterocycles. The van der Waals surface area contributed by atoms with Gasteiger partial charge in [-0.25, -0.2) is 0 Å². The average Bonchev–Trinajstić information content (AvgIpc) is 2.46. The first-order valence-corrected chi connectivity index (χ1v) is 6.07. The van der Waals surface area contributed by atoms with Crippen LogP contribution in [0.4, 0.5) is 0 Å². The number of nitriles is 1. The summed E-state index contributed by atoms with van der Waals surface area (Å²) in [6.07, 6.45) is 1.09. The summed E-state index contributed by atoms with van der Waals surface area (Å²) in [6, 6.07) is 2.13. The minimum atomic E-state index is 0. The van der Waals surface area contributed by atoms with Crippen molar-refractivity contribution in [1.29, 1.82) is 5.26 Å². The van der Waals surface area contributed by atoms with E-state index in [0.717, 1.165) is 11.4 Å². The molecule has 70 valence electrons. The third kappa shape index (κ3) is 3.69. The van der Waals surface area contributed by atoms with Crippen LogP contribution in [0, 0.1) is 15.2 Å². The Morgan fingerprint density at radius 2 is 2.36 bits per heavy atom. The van der Waals surface area contributed by atoms with E-state index in [2.05, 4.69) is 24.3 Å². The molecule has 1 aromatic heterocycles. The maximum atomic E-state index is 8.83. The molecule has 14 heavy (non-hydrogen) atoms. The number of rotatable bonds is 3. The first-order chi connectivity index (χ1) is 6.19. The van der Waals surface area contributed by atoms with E-state index in [9.17, 15) is 0 Å². The predicted octanol–water partition coefficient (Wildman–Crippen LogP) is 0.572. The van der Waals surface area contributed by atoms with Crippen LogP contribution in [0.3, 0.4) is 0 Å². The first-order valence-electron chi connectivity index (χ1n) is 3.97. The molecule has 0 amide bonds. The molecular formula is C8H10N2NaS3+. The first kappa shape index (κ1) is 14.7. The van der Waals surface area contributed by atoms with E-state index < -0.39 is 0 Å². The van der Waals surface area contributed by atoms with Crippen LogP contribution in [0.2, 0.25) is 0 Å². The minimum Gasteiger partial charge on any atom is -0.303 e. The van der Waals surface area contributed by atoms with E-state index in [1.54, 1.807) is 11.8 Å². The second kappa shape index (κ2) is 7.04. The van der Waals surface area contributed by atoms with Crippen molar-refractivity contribution >= 4 is 35.5 Å². The summed E-state index contributed by atoms with van der Waals surface area (Å²) >= 11 is 8.05. The number of nitrogens with one attached hydrogen (secondary N) is 1. The molecule has 1 aromatic rings. The average molecular weight is 253 g/mol. The number of hydrogen-bond acceptors (Lipinski definition) is 4. The third-order valence-electron chi connectivity index (χ3n) is 1.67. The van der Waals surface area contributed by atoms with Gasteiger partial charge in [0.2, 0.25) is 0 Å². The van der Waals surface area contributed by atoms with Gasteiger partial charge in [0.25, 0.3) is 0 Å². The van der Waals surface area contributed by atoms with Gasteiger partial charge in [-0.2, -0.15) is 5.26 Å². The molecule has 6 heteroatoms. The van der Waals surface area contributed by atoms with Gasteiger partial charge < -0.3 is 4.37 Å². The van der Waals surface area contributed by atoms with Crippen LogP contribution in [0.1, 0.15) is 25.8 Å². The number of aromatic nitrogens is 1. The molecule has 1 unspecified atom stereocenters. The van der Waals surface area contributed by atoms with Crippen molar-refractivity contribution in [2.75, 3.05) is 0 Å². The zero-order chi connectivity index (χ0) is 9.84. The van der Waals surface area contributed by atoms with E-state index in [1.807, 2.05) is 0 Å². The normalized spacial score (nSPS) is 11.5. The summed E-state index contributed by atoms with van der Waals surface area (Å²) in [5.41, 5.74) is 0.630. The van der Waals surface area contributed by atoms with Crippen LogP contribution >= 0.6 is 35.5 Å². The monoisotopic (exact) mass is 253 g/mol. The molecule has 0 spiro atoms. The van der Waals surface area contributed by atoms with E-state index in [0.29, 0.717) is 14.6 Å². The van der Waals surface area contributed by atoms with Crippen molar-refractivity contribution in [3.05, 3.63) is 9.39 Å². The smallest absolute Gasteiger partial charge is 0.303 e. The van der Waals surface area contributed by atoms with E-state index in [4.69, 9.17) is 17.5 Å². The van der Waals surface area contributed by atoms with Gasteiger partial charge in [0.05, 0.1) is 0 Å². The molecule has 0 aliphatic rings. The zero-order valence-electron chi connectivity index (χ0n) is 8.46. The van der Waals surface area contributed by atoms with Gasteiger partial charge in [-0.3, -0.25) is 0 Å². The molecule has 0 fully saturated rings. The second-order valence-corrected chi connectivity index (χ2v) is 5.58. The Morgan fingerprint density at radius 3 is 2.86 bits per heavy atom. The molecular weight excluding hydrogens is 243 g/mol. The number of nitrogens with zero attached hydrogens (tertiary/aromatic N) is 1. The van der Waals surface area contributed by atoms with Gasteiger partial charge in [-0.1, -0.05) is 26.1 Å². The van der Waals surface area contributed by atoms with Crippen LogP contribution in [-0.2, 0) is 0 Å². The molecule has 1 rings (SSSR count). The molecule has 1 heterocycles. The molecule has 0 radical (unpaired) electrons.